The summed E-state index contributed by atoms with van der Waals surface area (Å²) in [5.41, 5.74) is 2.13. The van der Waals surface area contributed by atoms with Crippen molar-refractivity contribution in [1.29, 1.82) is 0 Å². The number of para-hydroxylation sites is 1. The highest BCUT2D eigenvalue weighted by Crippen LogP contribution is 2.53. The molecule has 3 aromatic rings. The van der Waals surface area contributed by atoms with Gasteiger partial charge in [-0.2, -0.15) is 5.21 Å². The van der Waals surface area contributed by atoms with Gasteiger partial charge in [0.2, 0.25) is 5.82 Å². The fourth-order valence-electron chi connectivity index (χ4n) is 4.04. The number of hydrogen-bond acceptors (Lipinski definition) is 6. The van der Waals surface area contributed by atoms with Crippen molar-refractivity contribution >= 4 is 35.2 Å². The van der Waals surface area contributed by atoms with Gasteiger partial charge in [-0.05, 0) is 42.3 Å². The van der Waals surface area contributed by atoms with Crippen molar-refractivity contribution in [2.45, 2.75) is 31.2 Å². The zero-order valence-corrected chi connectivity index (χ0v) is 16.3. The van der Waals surface area contributed by atoms with Crippen molar-refractivity contribution in [2.24, 2.45) is 4.99 Å². The van der Waals surface area contributed by atoms with Crippen LogP contribution in [0.25, 0.3) is 11.4 Å². The molecular formula is C19H16Cl2N6O. The fraction of sp³-hybridized carbons (Fsp3) is 0.263. The smallest absolute Gasteiger partial charge is 0.208 e. The molecule has 1 fully saturated rings. The standard InChI is InChI=1S/C19H16Cl2N6O/c20-12-6-7-14(15-16(12)22-10-23-19(15)8-1-2-9-19)28-17-11(4-3-5-13(17)21)18-24-26-27-25-18/h3-7,10H,1-2,8-9H2,(H,22,23)(H,24,25,26,27). The zero-order chi connectivity index (χ0) is 19.1. The van der Waals surface area contributed by atoms with E-state index in [-0.39, 0.29) is 5.54 Å². The number of nitrogens with one attached hydrogen (secondary N) is 2. The zero-order valence-electron chi connectivity index (χ0n) is 14.7. The van der Waals surface area contributed by atoms with Gasteiger partial charge in [-0.1, -0.05) is 42.1 Å². The molecule has 2 heterocycles. The van der Waals surface area contributed by atoms with Crippen LogP contribution in [-0.4, -0.2) is 27.0 Å². The second-order valence-electron chi connectivity index (χ2n) is 6.89. The van der Waals surface area contributed by atoms with E-state index in [0.29, 0.717) is 32.9 Å². The minimum atomic E-state index is -0.325. The second-order valence-corrected chi connectivity index (χ2v) is 7.71. The minimum absolute atomic E-state index is 0.325. The van der Waals surface area contributed by atoms with E-state index in [1.165, 1.54) is 0 Å². The summed E-state index contributed by atoms with van der Waals surface area (Å²) in [6, 6.07) is 9.12. The number of tetrazole rings is 1. The predicted octanol–water partition coefficient (Wildman–Crippen LogP) is 5.19. The molecular weight excluding hydrogens is 399 g/mol. The van der Waals surface area contributed by atoms with Crippen LogP contribution in [0.4, 0.5) is 5.69 Å². The average molecular weight is 415 g/mol. The third-order valence-electron chi connectivity index (χ3n) is 5.30. The number of rotatable bonds is 3. The van der Waals surface area contributed by atoms with Gasteiger partial charge in [-0.3, -0.25) is 4.99 Å². The molecule has 28 heavy (non-hydrogen) atoms. The van der Waals surface area contributed by atoms with Crippen LogP contribution in [0.2, 0.25) is 10.0 Å². The Bertz CT molecular complexity index is 1060. The van der Waals surface area contributed by atoms with Gasteiger partial charge in [-0.15, -0.1) is 10.2 Å². The molecule has 0 unspecified atom stereocenters. The van der Waals surface area contributed by atoms with E-state index in [1.54, 1.807) is 12.4 Å². The highest BCUT2D eigenvalue weighted by Gasteiger charge is 2.42. The van der Waals surface area contributed by atoms with Crippen LogP contribution in [0.3, 0.4) is 0 Å². The van der Waals surface area contributed by atoms with Gasteiger partial charge >= 0.3 is 0 Å². The van der Waals surface area contributed by atoms with Crippen LogP contribution in [0.5, 0.6) is 11.5 Å². The Hall–Kier alpha value is -2.64. The Morgan fingerprint density at radius 1 is 1.04 bits per heavy atom. The maximum Gasteiger partial charge on any atom is 0.208 e. The summed E-state index contributed by atoms with van der Waals surface area (Å²) in [7, 11) is 0. The van der Waals surface area contributed by atoms with Crippen molar-refractivity contribution in [3.8, 4) is 22.9 Å². The minimum Gasteiger partial charge on any atom is -0.455 e. The van der Waals surface area contributed by atoms with E-state index in [2.05, 4.69) is 25.9 Å². The molecule has 1 spiro atoms. The maximum absolute atomic E-state index is 6.48. The molecule has 0 amide bonds. The number of aromatic amines is 1. The van der Waals surface area contributed by atoms with Crippen LogP contribution >= 0.6 is 23.2 Å². The lowest BCUT2D eigenvalue weighted by molar-refractivity contribution is 0.419. The molecule has 5 rings (SSSR count). The molecule has 0 bridgehead atoms. The largest absolute Gasteiger partial charge is 0.455 e. The molecule has 1 aromatic heterocycles. The molecule has 2 aromatic carbocycles. The van der Waals surface area contributed by atoms with Crippen molar-refractivity contribution < 1.29 is 4.74 Å². The number of nitrogens with zero attached hydrogens (tertiary/aromatic N) is 4. The molecule has 0 saturated heterocycles. The average Bonchev–Trinajstić information content (AvgIpc) is 3.39. The normalized spacial score (nSPS) is 16.8. The highest BCUT2D eigenvalue weighted by atomic mass is 35.5. The van der Waals surface area contributed by atoms with Crippen molar-refractivity contribution in [3.05, 3.63) is 45.9 Å². The number of ether oxygens (including phenoxy) is 1. The first kappa shape index (κ1) is 17.5. The Kier molecular flexibility index (Phi) is 4.21. The first-order valence-corrected chi connectivity index (χ1v) is 9.77. The van der Waals surface area contributed by atoms with Crippen LogP contribution in [0.15, 0.2) is 35.3 Å². The maximum atomic E-state index is 6.48. The van der Waals surface area contributed by atoms with Gasteiger partial charge < -0.3 is 10.1 Å². The summed E-state index contributed by atoms with van der Waals surface area (Å²) in [6.45, 7) is 0. The fourth-order valence-corrected chi connectivity index (χ4v) is 4.47. The first-order valence-electron chi connectivity index (χ1n) is 9.01. The van der Waals surface area contributed by atoms with Gasteiger partial charge in [0.1, 0.15) is 5.75 Å². The van der Waals surface area contributed by atoms with Crippen LogP contribution < -0.4 is 10.1 Å². The predicted molar refractivity (Wildman–Crippen MR) is 108 cm³/mol. The summed E-state index contributed by atoms with van der Waals surface area (Å²) < 4.78 is 6.38. The third-order valence-corrected chi connectivity index (χ3v) is 5.91. The summed E-state index contributed by atoms with van der Waals surface area (Å²) in [6.07, 6.45) is 5.87. The molecule has 1 saturated carbocycles. The van der Waals surface area contributed by atoms with E-state index in [0.717, 1.165) is 36.9 Å². The molecule has 142 valence electrons. The first-order chi connectivity index (χ1) is 13.7. The van der Waals surface area contributed by atoms with Gasteiger partial charge in [0.25, 0.3) is 0 Å². The SMILES string of the molecule is Clc1ccc(Oc2c(Cl)cccc2-c2nn[nH]n2)c2c1NC=NC21CCCC1. The lowest BCUT2D eigenvalue weighted by Crippen LogP contribution is -2.27. The summed E-state index contributed by atoms with van der Waals surface area (Å²) >= 11 is 13.0. The Morgan fingerprint density at radius 3 is 2.68 bits per heavy atom. The molecule has 1 aliphatic carbocycles. The number of H-pyrrole nitrogens is 1. The summed E-state index contributed by atoms with van der Waals surface area (Å²) in [5.74, 6) is 1.55. The van der Waals surface area contributed by atoms with E-state index in [9.17, 15) is 0 Å². The Morgan fingerprint density at radius 2 is 1.89 bits per heavy atom. The van der Waals surface area contributed by atoms with Crippen LogP contribution in [0, 0.1) is 0 Å². The molecule has 0 radical (unpaired) electrons. The molecule has 9 heteroatoms. The molecule has 7 nitrogen and oxygen atoms in total. The molecule has 2 aliphatic rings. The van der Waals surface area contributed by atoms with Crippen molar-refractivity contribution in [3.63, 3.8) is 0 Å². The second kappa shape index (κ2) is 6.76. The van der Waals surface area contributed by atoms with Crippen LogP contribution in [-0.2, 0) is 5.54 Å². The van der Waals surface area contributed by atoms with Crippen LogP contribution in [0.1, 0.15) is 31.2 Å². The summed E-state index contributed by atoms with van der Waals surface area (Å²) in [5, 5.41) is 18.5. The number of halogens is 2. The van der Waals surface area contributed by atoms with Gasteiger partial charge in [-0.25, -0.2) is 0 Å². The highest BCUT2D eigenvalue weighted by molar-refractivity contribution is 6.34. The number of benzene rings is 2. The molecule has 2 N–H and O–H groups in total. The Balaban J connectivity index is 1.66. The Labute approximate surface area is 171 Å². The quantitative estimate of drug-likeness (QED) is 0.615. The summed E-state index contributed by atoms with van der Waals surface area (Å²) in [4.78, 5) is 4.79. The van der Waals surface area contributed by atoms with Crippen molar-refractivity contribution in [2.75, 3.05) is 5.32 Å². The number of hydrogen-bond donors (Lipinski definition) is 2. The topological polar surface area (TPSA) is 88.1 Å². The number of fused-ring (bicyclic) bond motifs is 2. The molecule has 1 aliphatic heterocycles. The lowest BCUT2D eigenvalue weighted by Gasteiger charge is -2.33. The van der Waals surface area contributed by atoms with Gasteiger partial charge in [0, 0.05) is 5.56 Å². The lowest BCUT2D eigenvalue weighted by atomic mass is 9.85. The van der Waals surface area contributed by atoms with Crippen molar-refractivity contribution in [1.82, 2.24) is 20.6 Å². The van der Waals surface area contributed by atoms with Gasteiger partial charge in [0.05, 0.1) is 33.2 Å². The third kappa shape index (κ3) is 2.73. The monoisotopic (exact) mass is 414 g/mol. The number of aromatic nitrogens is 4. The van der Waals surface area contributed by atoms with E-state index in [4.69, 9.17) is 32.9 Å². The van der Waals surface area contributed by atoms with E-state index in [1.807, 2.05) is 24.3 Å². The molecule has 0 atom stereocenters. The van der Waals surface area contributed by atoms with E-state index >= 15 is 0 Å². The van der Waals surface area contributed by atoms with E-state index < -0.39 is 0 Å². The number of aliphatic imine (C=N–C) groups is 1. The van der Waals surface area contributed by atoms with Gasteiger partial charge in [0.15, 0.2) is 5.75 Å². The number of anilines is 1.